The van der Waals surface area contributed by atoms with E-state index < -0.39 is 0 Å². The van der Waals surface area contributed by atoms with Crippen molar-refractivity contribution in [3.63, 3.8) is 0 Å². The van der Waals surface area contributed by atoms with Gasteiger partial charge in [-0.1, -0.05) is 46.8 Å². The van der Waals surface area contributed by atoms with Gasteiger partial charge in [-0.15, -0.1) is 0 Å². The number of benzene rings is 1. The second-order valence-corrected chi connectivity index (χ2v) is 5.93. The fraction of sp³-hybridized carbons (Fsp3) is 0.600. The average molecular weight is 204 g/mol. The fourth-order valence-corrected chi connectivity index (χ4v) is 2.27. The van der Waals surface area contributed by atoms with Gasteiger partial charge in [-0.25, -0.2) is 0 Å². The molecule has 0 nitrogen and oxygen atoms in total. The standard InChI is InChI=1S/C15H24/c1-10(2)13-8-12(4)14(9-11(13)3)15(5,6)7/h8-10H,1-7H3. The van der Waals surface area contributed by atoms with Gasteiger partial charge in [0.05, 0.1) is 0 Å². The lowest BCUT2D eigenvalue weighted by Gasteiger charge is -2.24. The summed E-state index contributed by atoms with van der Waals surface area (Å²) in [4.78, 5) is 0. The summed E-state index contributed by atoms with van der Waals surface area (Å²) >= 11 is 0. The molecule has 0 aliphatic rings. The van der Waals surface area contributed by atoms with Gasteiger partial charge >= 0.3 is 0 Å². The van der Waals surface area contributed by atoms with Crippen molar-refractivity contribution in [2.45, 2.75) is 59.8 Å². The Kier molecular flexibility index (Phi) is 3.28. The largest absolute Gasteiger partial charge is 0.0587 e. The number of aryl methyl sites for hydroxylation is 2. The summed E-state index contributed by atoms with van der Waals surface area (Å²) in [6.45, 7) is 15.8. The highest BCUT2D eigenvalue weighted by atomic mass is 14.2. The third-order valence-electron chi connectivity index (χ3n) is 3.04. The molecule has 1 rings (SSSR count). The van der Waals surface area contributed by atoms with Crippen molar-refractivity contribution in [2.75, 3.05) is 0 Å². The molecule has 0 bridgehead atoms. The Hall–Kier alpha value is -0.780. The molecule has 0 aromatic heterocycles. The highest BCUT2D eigenvalue weighted by molar-refractivity contribution is 5.41. The van der Waals surface area contributed by atoms with Gasteiger partial charge in [0.25, 0.3) is 0 Å². The van der Waals surface area contributed by atoms with E-state index in [2.05, 4.69) is 60.6 Å². The normalized spacial score (nSPS) is 12.3. The van der Waals surface area contributed by atoms with Crippen molar-refractivity contribution in [2.24, 2.45) is 0 Å². The maximum atomic E-state index is 2.37. The molecule has 1 aromatic rings. The molecule has 84 valence electrons. The van der Waals surface area contributed by atoms with Gasteiger partial charge in [-0.2, -0.15) is 0 Å². The third-order valence-corrected chi connectivity index (χ3v) is 3.04. The Morgan fingerprint density at radius 3 is 1.87 bits per heavy atom. The Morgan fingerprint density at radius 1 is 0.933 bits per heavy atom. The van der Waals surface area contributed by atoms with Crippen LogP contribution in [-0.2, 0) is 5.41 Å². The zero-order valence-electron chi connectivity index (χ0n) is 11.2. The van der Waals surface area contributed by atoms with Crippen molar-refractivity contribution < 1.29 is 0 Å². The number of hydrogen-bond donors (Lipinski definition) is 0. The van der Waals surface area contributed by atoms with Crippen LogP contribution < -0.4 is 0 Å². The van der Waals surface area contributed by atoms with Gasteiger partial charge in [0.15, 0.2) is 0 Å². The molecule has 0 radical (unpaired) electrons. The van der Waals surface area contributed by atoms with Crippen LogP contribution >= 0.6 is 0 Å². The SMILES string of the molecule is Cc1cc(C(C)(C)C)c(C)cc1C(C)C. The molecule has 0 aliphatic carbocycles. The van der Waals surface area contributed by atoms with Crippen LogP contribution in [0.25, 0.3) is 0 Å². The van der Waals surface area contributed by atoms with E-state index in [0.717, 1.165) is 0 Å². The molecule has 0 unspecified atom stereocenters. The zero-order valence-corrected chi connectivity index (χ0v) is 11.2. The van der Waals surface area contributed by atoms with Crippen LogP contribution in [0, 0.1) is 13.8 Å². The lowest BCUT2D eigenvalue weighted by atomic mass is 9.81. The van der Waals surface area contributed by atoms with E-state index >= 15 is 0 Å². The Labute approximate surface area is 94.7 Å². The number of hydrogen-bond acceptors (Lipinski definition) is 0. The van der Waals surface area contributed by atoms with Crippen LogP contribution in [0.5, 0.6) is 0 Å². The molecule has 0 amide bonds. The topological polar surface area (TPSA) is 0 Å². The minimum atomic E-state index is 0.254. The van der Waals surface area contributed by atoms with Crippen LogP contribution in [-0.4, -0.2) is 0 Å². The number of rotatable bonds is 1. The van der Waals surface area contributed by atoms with Gasteiger partial charge in [0.1, 0.15) is 0 Å². The van der Waals surface area contributed by atoms with E-state index in [4.69, 9.17) is 0 Å². The quantitative estimate of drug-likeness (QED) is 0.620. The van der Waals surface area contributed by atoms with Gasteiger partial charge in [0, 0.05) is 0 Å². The van der Waals surface area contributed by atoms with Crippen LogP contribution in [0.3, 0.4) is 0 Å². The first-order valence-electron chi connectivity index (χ1n) is 5.85. The Morgan fingerprint density at radius 2 is 1.47 bits per heavy atom. The monoisotopic (exact) mass is 204 g/mol. The lowest BCUT2D eigenvalue weighted by molar-refractivity contribution is 0.584. The van der Waals surface area contributed by atoms with E-state index in [9.17, 15) is 0 Å². The molecule has 1 aromatic carbocycles. The summed E-state index contributed by atoms with van der Waals surface area (Å²) in [6.07, 6.45) is 0. The molecular weight excluding hydrogens is 180 g/mol. The minimum absolute atomic E-state index is 0.254. The molecule has 15 heavy (non-hydrogen) atoms. The van der Waals surface area contributed by atoms with Gasteiger partial charge in [-0.3, -0.25) is 0 Å². The van der Waals surface area contributed by atoms with Crippen molar-refractivity contribution >= 4 is 0 Å². The highest BCUT2D eigenvalue weighted by Gasteiger charge is 2.18. The first-order valence-corrected chi connectivity index (χ1v) is 5.85. The summed E-state index contributed by atoms with van der Waals surface area (Å²) < 4.78 is 0. The second kappa shape index (κ2) is 4.00. The Bertz CT molecular complexity index is 351. The minimum Gasteiger partial charge on any atom is -0.0587 e. The zero-order chi connectivity index (χ0) is 11.8. The molecule has 0 heterocycles. The van der Waals surface area contributed by atoms with Crippen LogP contribution in [0.15, 0.2) is 12.1 Å². The van der Waals surface area contributed by atoms with Crippen molar-refractivity contribution in [1.82, 2.24) is 0 Å². The van der Waals surface area contributed by atoms with Crippen molar-refractivity contribution in [3.8, 4) is 0 Å². The predicted molar refractivity (Wildman–Crippen MR) is 68.7 cm³/mol. The summed E-state index contributed by atoms with van der Waals surface area (Å²) in [7, 11) is 0. The summed E-state index contributed by atoms with van der Waals surface area (Å²) in [6, 6.07) is 4.73. The lowest BCUT2D eigenvalue weighted by Crippen LogP contribution is -2.14. The summed E-state index contributed by atoms with van der Waals surface area (Å²) in [5.74, 6) is 0.623. The van der Waals surface area contributed by atoms with E-state index in [1.807, 2.05) is 0 Å². The van der Waals surface area contributed by atoms with E-state index in [0.29, 0.717) is 5.92 Å². The van der Waals surface area contributed by atoms with Crippen LogP contribution in [0.2, 0.25) is 0 Å². The molecule has 0 saturated heterocycles. The maximum Gasteiger partial charge on any atom is -0.0129 e. The molecule has 0 heteroatoms. The van der Waals surface area contributed by atoms with E-state index in [-0.39, 0.29) is 5.41 Å². The van der Waals surface area contributed by atoms with E-state index in [1.54, 1.807) is 0 Å². The maximum absolute atomic E-state index is 2.37. The van der Waals surface area contributed by atoms with E-state index in [1.165, 1.54) is 22.3 Å². The molecule has 0 atom stereocenters. The van der Waals surface area contributed by atoms with Crippen LogP contribution in [0.1, 0.15) is 62.8 Å². The van der Waals surface area contributed by atoms with Gasteiger partial charge in [-0.05, 0) is 47.4 Å². The Balaban J connectivity index is 3.32. The highest BCUT2D eigenvalue weighted by Crippen LogP contribution is 2.30. The molecule has 0 N–H and O–H groups in total. The smallest absolute Gasteiger partial charge is 0.0129 e. The van der Waals surface area contributed by atoms with Gasteiger partial charge < -0.3 is 0 Å². The first-order chi connectivity index (χ1) is 6.73. The molecule has 0 aliphatic heterocycles. The molecule has 0 saturated carbocycles. The predicted octanol–water partition coefficient (Wildman–Crippen LogP) is 4.72. The summed E-state index contributed by atoms with van der Waals surface area (Å²) in [5, 5.41) is 0. The molecular formula is C15H24. The fourth-order valence-electron chi connectivity index (χ4n) is 2.27. The van der Waals surface area contributed by atoms with Crippen molar-refractivity contribution in [1.29, 1.82) is 0 Å². The average Bonchev–Trinajstić information content (AvgIpc) is 2.06. The third kappa shape index (κ3) is 2.62. The second-order valence-electron chi connectivity index (χ2n) is 5.93. The van der Waals surface area contributed by atoms with Crippen molar-refractivity contribution in [3.05, 3.63) is 34.4 Å². The van der Waals surface area contributed by atoms with Gasteiger partial charge in [0.2, 0.25) is 0 Å². The molecule has 0 fully saturated rings. The first kappa shape index (κ1) is 12.3. The summed E-state index contributed by atoms with van der Waals surface area (Å²) in [5.41, 5.74) is 6.08. The molecule has 0 spiro atoms. The van der Waals surface area contributed by atoms with Crippen LogP contribution in [0.4, 0.5) is 0 Å².